The Hall–Kier alpha value is -2.21. The molecule has 2 heterocycles. The number of nitrogens with zero attached hydrogens (tertiary/aromatic N) is 3. The summed E-state index contributed by atoms with van der Waals surface area (Å²) in [5.41, 5.74) is 0.552. The number of carbonyl (C=O) groups is 1. The molecule has 1 N–H and O–H groups in total. The number of hydrogen-bond donors (Lipinski definition) is 1. The Morgan fingerprint density at radius 1 is 1.24 bits per heavy atom. The lowest BCUT2D eigenvalue weighted by Crippen LogP contribution is -2.37. The van der Waals surface area contributed by atoms with E-state index in [9.17, 15) is 9.59 Å². The van der Waals surface area contributed by atoms with Gasteiger partial charge in [-0.25, -0.2) is 4.68 Å². The van der Waals surface area contributed by atoms with E-state index in [0.29, 0.717) is 17.8 Å². The summed E-state index contributed by atoms with van der Waals surface area (Å²) in [6, 6.07) is 8.18. The summed E-state index contributed by atoms with van der Waals surface area (Å²) in [5.74, 6) is 0.377. The fourth-order valence-corrected chi connectivity index (χ4v) is 3.76. The average Bonchev–Trinajstić information content (AvgIpc) is 3.36. The third-order valence-corrected chi connectivity index (χ3v) is 5.31. The van der Waals surface area contributed by atoms with Crippen molar-refractivity contribution in [1.29, 1.82) is 0 Å². The maximum absolute atomic E-state index is 12.5. The Morgan fingerprint density at radius 2 is 2.00 bits per heavy atom. The van der Waals surface area contributed by atoms with Crippen LogP contribution in [0, 0.1) is 12.8 Å². The first-order chi connectivity index (χ1) is 12.1. The first kappa shape index (κ1) is 16.3. The van der Waals surface area contributed by atoms with Crippen molar-refractivity contribution in [2.24, 2.45) is 5.92 Å². The highest BCUT2D eigenvalue weighted by Crippen LogP contribution is 2.31. The molecule has 0 spiro atoms. The summed E-state index contributed by atoms with van der Waals surface area (Å²) in [6.45, 7) is 4.75. The zero-order valence-corrected chi connectivity index (χ0v) is 14.6. The molecule has 6 nitrogen and oxygen atoms in total. The highest BCUT2D eigenvalue weighted by Gasteiger charge is 2.34. The molecule has 1 aliphatic carbocycles. The number of nitrogens with one attached hydrogen (secondary N) is 1. The fraction of sp³-hybridized carbons (Fsp3) is 0.526. The number of likely N-dealkylation sites (tertiary alicyclic amines) is 1. The molecule has 6 heteroatoms. The van der Waals surface area contributed by atoms with E-state index in [4.69, 9.17) is 0 Å². The van der Waals surface area contributed by atoms with Gasteiger partial charge < -0.3 is 10.2 Å². The number of benzene rings is 1. The summed E-state index contributed by atoms with van der Waals surface area (Å²) in [5, 5.41) is 8.73. The Morgan fingerprint density at radius 3 is 2.76 bits per heavy atom. The van der Waals surface area contributed by atoms with E-state index >= 15 is 0 Å². The molecule has 0 radical (unpaired) electrons. The molecule has 1 aliphatic heterocycles. The summed E-state index contributed by atoms with van der Waals surface area (Å²) in [7, 11) is 0. The second-order valence-electron chi connectivity index (χ2n) is 7.28. The van der Waals surface area contributed by atoms with Crippen LogP contribution in [-0.2, 0) is 11.3 Å². The van der Waals surface area contributed by atoms with Gasteiger partial charge in [-0.15, -0.1) is 0 Å². The zero-order valence-electron chi connectivity index (χ0n) is 14.6. The number of fused-ring (bicyclic) bond motifs is 1. The van der Waals surface area contributed by atoms with Gasteiger partial charge in [0.05, 0.1) is 11.1 Å². The standard InChI is InChI=1S/C19H24N4O2/c1-13-16-4-2-3-5-17(16)19(25)23(21-13)12-18(24)20-10-14-8-9-22(11-14)15-6-7-15/h2-5,14-15H,6-12H2,1H3,(H,20,24). The lowest BCUT2D eigenvalue weighted by atomic mass is 10.1. The number of amides is 1. The van der Waals surface area contributed by atoms with E-state index in [1.54, 1.807) is 6.07 Å². The molecular formula is C19H24N4O2. The van der Waals surface area contributed by atoms with Gasteiger partial charge in [-0.2, -0.15) is 5.10 Å². The average molecular weight is 340 g/mol. The quantitative estimate of drug-likeness (QED) is 0.891. The minimum Gasteiger partial charge on any atom is -0.354 e. The fourth-order valence-electron chi connectivity index (χ4n) is 3.76. The minimum atomic E-state index is -0.211. The van der Waals surface area contributed by atoms with E-state index < -0.39 is 0 Å². The predicted octanol–water partition coefficient (Wildman–Crippen LogP) is 1.31. The lowest BCUT2D eigenvalue weighted by molar-refractivity contribution is -0.122. The normalized spacial score (nSPS) is 20.9. The van der Waals surface area contributed by atoms with Gasteiger partial charge in [0.15, 0.2) is 0 Å². The van der Waals surface area contributed by atoms with Crippen molar-refractivity contribution in [3.05, 3.63) is 40.3 Å². The van der Waals surface area contributed by atoms with Gasteiger partial charge >= 0.3 is 0 Å². The van der Waals surface area contributed by atoms with Crippen molar-refractivity contribution in [3.63, 3.8) is 0 Å². The second kappa shape index (κ2) is 6.59. The van der Waals surface area contributed by atoms with Crippen molar-refractivity contribution < 1.29 is 4.79 Å². The Labute approximate surface area is 146 Å². The largest absolute Gasteiger partial charge is 0.354 e. The molecule has 1 aromatic heterocycles. The number of rotatable bonds is 5. The van der Waals surface area contributed by atoms with Gasteiger partial charge in [0.1, 0.15) is 6.54 Å². The van der Waals surface area contributed by atoms with Crippen molar-refractivity contribution in [1.82, 2.24) is 20.0 Å². The van der Waals surface area contributed by atoms with Crippen LogP contribution in [0.5, 0.6) is 0 Å². The molecule has 0 bridgehead atoms. The topological polar surface area (TPSA) is 67.2 Å². The number of carbonyl (C=O) groups excluding carboxylic acids is 1. The molecule has 132 valence electrons. The van der Waals surface area contributed by atoms with Crippen LogP contribution in [0.25, 0.3) is 10.8 Å². The maximum atomic E-state index is 12.5. The molecular weight excluding hydrogens is 316 g/mol. The van der Waals surface area contributed by atoms with Crippen LogP contribution in [0.15, 0.2) is 29.1 Å². The van der Waals surface area contributed by atoms with Crippen LogP contribution in [0.1, 0.15) is 25.0 Å². The Bertz CT molecular complexity index is 856. The van der Waals surface area contributed by atoms with Gasteiger partial charge in [0, 0.05) is 24.5 Å². The van der Waals surface area contributed by atoms with Crippen molar-refractivity contribution >= 4 is 16.7 Å². The van der Waals surface area contributed by atoms with E-state index in [2.05, 4.69) is 15.3 Å². The summed E-state index contributed by atoms with van der Waals surface area (Å²) >= 11 is 0. The van der Waals surface area contributed by atoms with Gasteiger partial charge in [-0.3, -0.25) is 9.59 Å². The van der Waals surface area contributed by atoms with Crippen LogP contribution in [0.3, 0.4) is 0 Å². The molecule has 4 rings (SSSR count). The molecule has 25 heavy (non-hydrogen) atoms. The van der Waals surface area contributed by atoms with Crippen molar-refractivity contribution in [2.45, 2.75) is 38.8 Å². The van der Waals surface area contributed by atoms with Crippen LogP contribution in [0.2, 0.25) is 0 Å². The molecule has 1 saturated carbocycles. The number of aryl methyl sites for hydroxylation is 1. The Balaban J connectivity index is 1.38. The van der Waals surface area contributed by atoms with Crippen LogP contribution in [0.4, 0.5) is 0 Å². The van der Waals surface area contributed by atoms with E-state index in [-0.39, 0.29) is 18.0 Å². The SMILES string of the molecule is Cc1nn(CC(=O)NCC2CCN(C3CC3)C2)c(=O)c2ccccc12. The Kier molecular flexibility index (Phi) is 4.29. The molecule has 1 unspecified atom stereocenters. The highest BCUT2D eigenvalue weighted by molar-refractivity contribution is 5.83. The molecule has 2 aromatic rings. The number of hydrogen-bond acceptors (Lipinski definition) is 4. The molecule has 1 amide bonds. The molecule has 1 saturated heterocycles. The third kappa shape index (κ3) is 3.44. The summed E-state index contributed by atoms with van der Waals surface area (Å²) in [6.07, 6.45) is 3.80. The predicted molar refractivity (Wildman–Crippen MR) is 96.5 cm³/mol. The summed E-state index contributed by atoms with van der Waals surface area (Å²) < 4.78 is 1.28. The van der Waals surface area contributed by atoms with Gasteiger partial charge in [-0.1, -0.05) is 18.2 Å². The minimum absolute atomic E-state index is 0.0242. The van der Waals surface area contributed by atoms with Gasteiger partial charge in [-0.05, 0) is 44.7 Å². The number of aromatic nitrogens is 2. The molecule has 2 fully saturated rings. The smallest absolute Gasteiger partial charge is 0.275 e. The van der Waals surface area contributed by atoms with Gasteiger partial charge in [0.25, 0.3) is 5.56 Å². The monoisotopic (exact) mass is 340 g/mol. The first-order valence-corrected chi connectivity index (χ1v) is 9.09. The molecule has 2 aliphatic rings. The lowest BCUT2D eigenvalue weighted by Gasteiger charge is -2.15. The zero-order chi connectivity index (χ0) is 17.4. The second-order valence-corrected chi connectivity index (χ2v) is 7.28. The van der Waals surface area contributed by atoms with Crippen LogP contribution < -0.4 is 10.9 Å². The summed E-state index contributed by atoms with van der Waals surface area (Å²) in [4.78, 5) is 27.3. The van der Waals surface area contributed by atoms with E-state index in [1.165, 1.54) is 17.5 Å². The third-order valence-electron chi connectivity index (χ3n) is 5.31. The van der Waals surface area contributed by atoms with Crippen LogP contribution in [-0.4, -0.2) is 46.3 Å². The van der Waals surface area contributed by atoms with E-state index in [1.807, 2.05) is 25.1 Å². The highest BCUT2D eigenvalue weighted by atomic mass is 16.2. The molecule has 1 aromatic carbocycles. The maximum Gasteiger partial charge on any atom is 0.275 e. The van der Waals surface area contributed by atoms with Crippen molar-refractivity contribution in [2.75, 3.05) is 19.6 Å². The van der Waals surface area contributed by atoms with Gasteiger partial charge in [0.2, 0.25) is 5.91 Å². The van der Waals surface area contributed by atoms with Crippen molar-refractivity contribution in [3.8, 4) is 0 Å². The van der Waals surface area contributed by atoms with E-state index in [0.717, 1.165) is 36.6 Å². The molecule has 1 atom stereocenters. The first-order valence-electron chi connectivity index (χ1n) is 9.09. The van der Waals surface area contributed by atoms with Crippen LogP contribution >= 0.6 is 0 Å².